The van der Waals surface area contributed by atoms with Gasteiger partial charge in [-0.2, -0.15) is 0 Å². The van der Waals surface area contributed by atoms with Crippen LogP contribution in [0.5, 0.6) is 5.75 Å². The molecule has 0 spiro atoms. The molecule has 0 heterocycles. The number of hydrogen-bond acceptors (Lipinski definition) is 5. The van der Waals surface area contributed by atoms with Gasteiger partial charge in [0.25, 0.3) is 0 Å². The summed E-state index contributed by atoms with van der Waals surface area (Å²) in [5.41, 5.74) is 0. The smallest absolute Gasteiger partial charge is 0.404 e. The topological polar surface area (TPSA) is 61.8 Å². The fourth-order valence-electron chi connectivity index (χ4n) is 1.32. The van der Waals surface area contributed by atoms with Crippen LogP contribution in [-0.2, 0) is 24.4 Å². The molecule has 0 N–H and O–H groups in total. The molecule has 0 fully saturated rings. The molecule has 1 aromatic rings. The molecular weight excluding hydrogens is 299 g/mol. The molecule has 0 saturated heterocycles. The maximum Gasteiger partial charge on any atom is 0.530 e. The summed E-state index contributed by atoms with van der Waals surface area (Å²) in [6.45, 7) is 4.43. The third-order valence-corrected chi connectivity index (χ3v) is 4.65. The summed E-state index contributed by atoms with van der Waals surface area (Å²) >= 11 is 0. The molecule has 0 aromatic heterocycles. The Bertz CT molecular complexity index is 462. The molecular formula is C13H21O5PS. The Balaban J connectivity index is 2.77. The monoisotopic (exact) mass is 320 g/mol. The maximum atomic E-state index is 12.4. The molecule has 1 aromatic carbocycles. The van der Waals surface area contributed by atoms with Crippen molar-refractivity contribution in [1.29, 1.82) is 0 Å². The van der Waals surface area contributed by atoms with Crippen molar-refractivity contribution in [1.82, 2.24) is 0 Å². The van der Waals surface area contributed by atoms with Crippen molar-refractivity contribution in [3.63, 3.8) is 0 Å². The predicted molar refractivity (Wildman–Crippen MR) is 79.5 cm³/mol. The molecule has 7 heteroatoms. The van der Waals surface area contributed by atoms with E-state index in [0.717, 1.165) is 12.8 Å². The fraction of sp³-hybridized carbons (Fsp3) is 0.538. The lowest BCUT2D eigenvalue weighted by molar-refractivity contribution is 0.155. The van der Waals surface area contributed by atoms with Gasteiger partial charge in [-0.15, -0.1) is 0 Å². The Hall–Kier alpha value is -0.680. The number of hydrogen-bond donors (Lipinski definition) is 0. The molecule has 20 heavy (non-hydrogen) atoms. The summed E-state index contributed by atoms with van der Waals surface area (Å²) in [6, 6.07) is 6.53. The molecule has 0 bridgehead atoms. The molecule has 0 amide bonds. The Morgan fingerprint density at radius 1 is 1.05 bits per heavy atom. The highest BCUT2D eigenvalue weighted by Gasteiger charge is 2.28. The van der Waals surface area contributed by atoms with Gasteiger partial charge >= 0.3 is 7.82 Å². The van der Waals surface area contributed by atoms with E-state index >= 15 is 0 Å². The quantitative estimate of drug-likeness (QED) is 0.648. The minimum atomic E-state index is -3.59. The van der Waals surface area contributed by atoms with Crippen LogP contribution in [0.25, 0.3) is 0 Å². The molecule has 1 rings (SSSR count). The van der Waals surface area contributed by atoms with Crippen LogP contribution in [0, 0.1) is 0 Å². The van der Waals surface area contributed by atoms with Gasteiger partial charge in [-0.05, 0) is 37.1 Å². The summed E-state index contributed by atoms with van der Waals surface area (Å²) in [7, 11) is -4.65. The van der Waals surface area contributed by atoms with Gasteiger partial charge in [0.1, 0.15) is 5.75 Å². The van der Waals surface area contributed by atoms with E-state index in [0.29, 0.717) is 23.9 Å². The van der Waals surface area contributed by atoms with E-state index < -0.39 is 18.6 Å². The van der Waals surface area contributed by atoms with Gasteiger partial charge in [0.2, 0.25) is 0 Å². The van der Waals surface area contributed by atoms with Crippen LogP contribution in [0.2, 0.25) is 0 Å². The number of phosphoric acid groups is 1. The Morgan fingerprint density at radius 3 is 1.95 bits per heavy atom. The zero-order chi connectivity index (χ0) is 15.0. The zero-order valence-corrected chi connectivity index (χ0v) is 13.7. The number of rotatable bonds is 9. The van der Waals surface area contributed by atoms with Crippen LogP contribution in [-0.4, -0.2) is 23.7 Å². The van der Waals surface area contributed by atoms with Gasteiger partial charge in [0, 0.05) is 22.0 Å². The first-order chi connectivity index (χ1) is 9.50. The van der Waals surface area contributed by atoms with Crippen LogP contribution >= 0.6 is 7.82 Å². The first-order valence-electron chi connectivity index (χ1n) is 6.53. The third kappa shape index (κ3) is 5.75. The maximum absolute atomic E-state index is 12.4. The van der Waals surface area contributed by atoms with Crippen molar-refractivity contribution >= 4 is 18.6 Å². The van der Waals surface area contributed by atoms with E-state index in [1.165, 1.54) is 0 Å². The van der Waals surface area contributed by atoms with E-state index in [2.05, 4.69) is 0 Å². The largest absolute Gasteiger partial charge is 0.530 e. The van der Waals surface area contributed by atoms with Gasteiger partial charge in [-0.3, -0.25) is 13.3 Å². The third-order valence-electron chi connectivity index (χ3n) is 2.28. The first kappa shape index (κ1) is 17.4. The van der Waals surface area contributed by atoms with Crippen LogP contribution in [0.3, 0.4) is 0 Å². The van der Waals surface area contributed by atoms with E-state index in [1.807, 2.05) is 13.8 Å². The molecule has 0 aliphatic heterocycles. The van der Waals surface area contributed by atoms with Crippen molar-refractivity contribution in [3.8, 4) is 5.75 Å². The average molecular weight is 320 g/mol. The molecule has 114 valence electrons. The minimum absolute atomic E-state index is 0.304. The summed E-state index contributed by atoms with van der Waals surface area (Å²) in [4.78, 5) is 0.677. The lowest BCUT2D eigenvalue weighted by atomic mass is 10.3. The van der Waals surface area contributed by atoms with E-state index in [1.54, 1.807) is 30.5 Å². The number of benzene rings is 1. The average Bonchev–Trinajstić information content (AvgIpc) is 2.44. The van der Waals surface area contributed by atoms with Crippen molar-refractivity contribution in [2.75, 3.05) is 19.5 Å². The van der Waals surface area contributed by atoms with Crippen LogP contribution in [0.15, 0.2) is 29.2 Å². The van der Waals surface area contributed by atoms with Gasteiger partial charge in [-0.25, -0.2) is 4.57 Å². The second kappa shape index (κ2) is 8.57. The second-order valence-electron chi connectivity index (χ2n) is 4.13. The Labute approximate surface area is 122 Å². The van der Waals surface area contributed by atoms with Crippen LogP contribution in [0.1, 0.15) is 26.7 Å². The van der Waals surface area contributed by atoms with Crippen molar-refractivity contribution in [2.24, 2.45) is 0 Å². The van der Waals surface area contributed by atoms with Gasteiger partial charge in [-0.1, -0.05) is 13.8 Å². The first-order valence-corrected chi connectivity index (χ1v) is 9.55. The van der Waals surface area contributed by atoms with Crippen molar-refractivity contribution < 1.29 is 22.3 Å². The van der Waals surface area contributed by atoms with Crippen molar-refractivity contribution in [2.45, 2.75) is 31.6 Å². The highest BCUT2D eigenvalue weighted by Crippen LogP contribution is 2.49. The fourth-order valence-corrected chi connectivity index (χ4v) is 3.21. The highest BCUT2D eigenvalue weighted by molar-refractivity contribution is 7.84. The molecule has 0 aliphatic rings. The summed E-state index contributed by atoms with van der Waals surface area (Å²) in [6.07, 6.45) is 3.03. The minimum Gasteiger partial charge on any atom is -0.404 e. The molecule has 1 unspecified atom stereocenters. The van der Waals surface area contributed by atoms with Gasteiger partial charge in [0.15, 0.2) is 0 Å². The Morgan fingerprint density at radius 2 is 1.55 bits per heavy atom. The van der Waals surface area contributed by atoms with E-state index in [9.17, 15) is 8.77 Å². The number of phosphoric ester groups is 1. The molecule has 0 saturated carbocycles. The van der Waals surface area contributed by atoms with Gasteiger partial charge < -0.3 is 4.52 Å². The predicted octanol–water partition coefficient (Wildman–Crippen LogP) is 3.76. The normalized spacial score (nSPS) is 13.2. The van der Waals surface area contributed by atoms with Crippen molar-refractivity contribution in [3.05, 3.63) is 24.3 Å². The van der Waals surface area contributed by atoms with Crippen LogP contribution < -0.4 is 4.52 Å². The second-order valence-corrected chi connectivity index (χ2v) is 7.10. The van der Waals surface area contributed by atoms with Gasteiger partial charge in [0.05, 0.1) is 13.2 Å². The Kier molecular flexibility index (Phi) is 7.45. The summed E-state index contributed by atoms with van der Waals surface area (Å²) < 4.78 is 39.5. The molecule has 5 nitrogen and oxygen atoms in total. The lowest BCUT2D eigenvalue weighted by Crippen LogP contribution is -2.04. The molecule has 1 atom stereocenters. The molecule has 0 radical (unpaired) electrons. The summed E-state index contributed by atoms with van der Waals surface area (Å²) in [5.74, 6) is 0.370. The lowest BCUT2D eigenvalue weighted by Gasteiger charge is -2.18. The summed E-state index contributed by atoms with van der Waals surface area (Å²) in [5, 5.41) is 0. The molecule has 0 aliphatic carbocycles. The van der Waals surface area contributed by atoms with E-state index in [-0.39, 0.29) is 0 Å². The van der Waals surface area contributed by atoms with Crippen LogP contribution in [0.4, 0.5) is 0 Å². The SMILES string of the molecule is CCCOP(=O)(OCCC)Oc1ccc(S(C)=O)cc1. The zero-order valence-electron chi connectivity index (χ0n) is 12.0. The standard InChI is InChI=1S/C13H21O5PS/c1-4-10-16-19(14,17-11-5-2)18-12-6-8-13(9-7-12)20(3)15/h6-9H,4-5,10-11H2,1-3H3. The highest BCUT2D eigenvalue weighted by atomic mass is 32.2. The van der Waals surface area contributed by atoms with E-state index in [4.69, 9.17) is 13.6 Å².